The first-order valence-electron chi connectivity index (χ1n) is 16.1. The number of hydrogen-bond acceptors (Lipinski definition) is 3. The van der Waals surface area contributed by atoms with Crippen LogP contribution in [0.3, 0.4) is 0 Å². The average molecular weight is 614 g/mol. The highest BCUT2D eigenvalue weighted by Gasteiger charge is 2.12. The summed E-state index contributed by atoms with van der Waals surface area (Å²) in [6.45, 7) is 0. The van der Waals surface area contributed by atoms with Gasteiger partial charge in [0, 0.05) is 29.1 Å². The van der Waals surface area contributed by atoms with Gasteiger partial charge < -0.3 is 0 Å². The number of rotatable bonds is 7. The fourth-order valence-electron chi connectivity index (χ4n) is 6.03. The van der Waals surface area contributed by atoms with E-state index in [2.05, 4.69) is 151 Å². The molecule has 0 aliphatic carbocycles. The highest BCUT2D eigenvalue weighted by atomic mass is 14.9. The minimum absolute atomic E-state index is 0.710. The van der Waals surface area contributed by atoms with Crippen LogP contribution in [-0.2, 0) is 0 Å². The molecule has 48 heavy (non-hydrogen) atoms. The first kappa shape index (κ1) is 29.0. The maximum Gasteiger partial charge on any atom is 0.160 e. The van der Waals surface area contributed by atoms with Crippen LogP contribution in [-0.4, -0.2) is 15.0 Å². The molecule has 2 heterocycles. The van der Waals surface area contributed by atoms with Gasteiger partial charge >= 0.3 is 0 Å². The van der Waals surface area contributed by atoms with Crippen molar-refractivity contribution in [2.75, 3.05) is 0 Å². The quantitative estimate of drug-likeness (QED) is 0.179. The molecule has 0 spiro atoms. The van der Waals surface area contributed by atoms with E-state index in [1.165, 1.54) is 22.3 Å². The van der Waals surface area contributed by atoms with Gasteiger partial charge in [-0.15, -0.1) is 0 Å². The van der Waals surface area contributed by atoms with Gasteiger partial charge in [0.2, 0.25) is 0 Å². The van der Waals surface area contributed by atoms with Gasteiger partial charge in [0.1, 0.15) is 0 Å². The second kappa shape index (κ2) is 13.1. The molecule has 3 nitrogen and oxygen atoms in total. The average Bonchev–Trinajstić information content (AvgIpc) is 3.19. The fraction of sp³-hybridized carbons (Fsp3) is 0. The maximum atomic E-state index is 5.04. The Bertz CT molecular complexity index is 2280. The Balaban J connectivity index is 1.08. The van der Waals surface area contributed by atoms with Crippen molar-refractivity contribution in [3.05, 3.63) is 188 Å². The molecule has 0 fully saturated rings. The summed E-state index contributed by atoms with van der Waals surface area (Å²) in [6.07, 6.45) is 3.69. The van der Waals surface area contributed by atoms with E-state index in [1.807, 2.05) is 36.5 Å². The summed E-state index contributed by atoms with van der Waals surface area (Å²) < 4.78 is 0. The molecule has 0 N–H and O–H groups in total. The Morgan fingerprint density at radius 2 is 0.688 bits per heavy atom. The molecule has 2 aromatic heterocycles. The van der Waals surface area contributed by atoms with Gasteiger partial charge in [0.15, 0.2) is 5.82 Å². The molecule has 3 heteroatoms. The predicted octanol–water partition coefficient (Wildman–Crippen LogP) is 11.5. The molecule has 6 aromatic carbocycles. The SMILES string of the molecule is c1ccc(-c2cccc(-c3cc(-c4ccc(-c5ccc(-c6ccc(-c7cccnc7)cc6)cc5)cc4)nc(-c4ccccc4)n3)c2)cc1. The molecule has 0 saturated heterocycles. The Kier molecular flexibility index (Phi) is 7.92. The minimum atomic E-state index is 0.710. The zero-order valence-electron chi connectivity index (χ0n) is 26.2. The van der Waals surface area contributed by atoms with E-state index < -0.39 is 0 Å². The largest absolute Gasteiger partial charge is 0.264 e. The van der Waals surface area contributed by atoms with E-state index in [-0.39, 0.29) is 0 Å². The van der Waals surface area contributed by atoms with Crippen molar-refractivity contribution in [2.45, 2.75) is 0 Å². The molecule has 0 aliphatic heterocycles. The van der Waals surface area contributed by atoms with Crippen molar-refractivity contribution >= 4 is 0 Å². The van der Waals surface area contributed by atoms with Crippen molar-refractivity contribution in [1.82, 2.24) is 15.0 Å². The lowest BCUT2D eigenvalue weighted by molar-refractivity contribution is 1.18. The van der Waals surface area contributed by atoms with Gasteiger partial charge in [-0.25, -0.2) is 9.97 Å². The number of aromatic nitrogens is 3. The Labute approximate surface area is 280 Å². The van der Waals surface area contributed by atoms with Crippen molar-refractivity contribution < 1.29 is 0 Å². The van der Waals surface area contributed by atoms with Gasteiger partial charge in [-0.05, 0) is 62.7 Å². The molecule has 0 amide bonds. The van der Waals surface area contributed by atoms with Crippen LogP contribution < -0.4 is 0 Å². The highest BCUT2D eigenvalue weighted by Crippen LogP contribution is 2.32. The van der Waals surface area contributed by atoms with Crippen LogP contribution >= 0.6 is 0 Å². The minimum Gasteiger partial charge on any atom is -0.264 e. The second-order valence-electron chi connectivity index (χ2n) is 11.7. The van der Waals surface area contributed by atoms with Crippen molar-refractivity contribution in [1.29, 1.82) is 0 Å². The van der Waals surface area contributed by atoms with E-state index in [0.717, 1.165) is 50.3 Å². The van der Waals surface area contributed by atoms with Crippen LogP contribution in [0, 0.1) is 0 Å². The van der Waals surface area contributed by atoms with E-state index in [4.69, 9.17) is 9.97 Å². The third-order valence-corrected chi connectivity index (χ3v) is 8.64. The Hall–Kier alpha value is -6.45. The number of hydrogen-bond donors (Lipinski definition) is 0. The predicted molar refractivity (Wildman–Crippen MR) is 198 cm³/mol. The Morgan fingerprint density at radius 1 is 0.271 bits per heavy atom. The third-order valence-electron chi connectivity index (χ3n) is 8.64. The van der Waals surface area contributed by atoms with Crippen molar-refractivity contribution in [2.24, 2.45) is 0 Å². The first-order chi connectivity index (χ1) is 23.8. The summed E-state index contributed by atoms with van der Waals surface area (Å²) in [5.74, 6) is 0.710. The number of pyridine rings is 1. The van der Waals surface area contributed by atoms with Gasteiger partial charge in [-0.3, -0.25) is 4.98 Å². The summed E-state index contributed by atoms with van der Waals surface area (Å²) in [7, 11) is 0. The van der Waals surface area contributed by atoms with Gasteiger partial charge in [0.25, 0.3) is 0 Å². The smallest absolute Gasteiger partial charge is 0.160 e. The standard InChI is InChI=1S/C45H31N3/c1-3-9-32(10-4-1)40-13-7-14-41(29-40)44-30-43(47-45(48-44)39-11-5-2-6-12-39)38-26-24-36(25-27-38)34-18-16-33(17-19-34)35-20-22-37(23-21-35)42-15-8-28-46-31-42/h1-31H. The molecular weight excluding hydrogens is 583 g/mol. The molecule has 0 bridgehead atoms. The van der Waals surface area contributed by atoms with E-state index in [9.17, 15) is 0 Å². The van der Waals surface area contributed by atoms with E-state index >= 15 is 0 Å². The molecule has 8 rings (SSSR count). The summed E-state index contributed by atoms with van der Waals surface area (Å²) in [4.78, 5) is 14.3. The molecule has 0 radical (unpaired) electrons. The summed E-state index contributed by atoms with van der Waals surface area (Å²) in [5, 5.41) is 0. The number of benzene rings is 6. The molecule has 0 atom stereocenters. The van der Waals surface area contributed by atoms with Crippen LogP contribution in [0.25, 0.3) is 78.4 Å². The highest BCUT2D eigenvalue weighted by molar-refractivity contribution is 5.78. The van der Waals surface area contributed by atoms with Crippen LogP contribution in [0.4, 0.5) is 0 Å². The fourth-order valence-corrected chi connectivity index (χ4v) is 6.03. The molecular formula is C45H31N3. The summed E-state index contributed by atoms with van der Waals surface area (Å²) in [5.41, 5.74) is 14.2. The topological polar surface area (TPSA) is 38.7 Å². The zero-order valence-corrected chi connectivity index (χ0v) is 26.2. The molecule has 0 saturated carbocycles. The Morgan fingerprint density at radius 3 is 1.23 bits per heavy atom. The van der Waals surface area contributed by atoms with Crippen molar-refractivity contribution in [3.63, 3.8) is 0 Å². The molecule has 8 aromatic rings. The normalized spacial score (nSPS) is 10.9. The summed E-state index contributed by atoms with van der Waals surface area (Å²) >= 11 is 0. The first-order valence-corrected chi connectivity index (χ1v) is 16.1. The van der Waals surface area contributed by atoms with Crippen LogP contribution in [0.2, 0.25) is 0 Å². The third kappa shape index (κ3) is 6.18. The van der Waals surface area contributed by atoms with Crippen LogP contribution in [0.15, 0.2) is 188 Å². The zero-order chi connectivity index (χ0) is 32.1. The van der Waals surface area contributed by atoms with Crippen LogP contribution in [0.1, 0.15) is 0 Å². The molecule has 226 valence electrons. The molecule has 0 aliphatic rings. The van der Waals surface area contributed by atoms with Crippen LogP contribution in [0.5, 0.6) is 0 Å². The lowest BCUT2D eigenvalue weighted by atomic mass is 9.97. The van der Waals surface area contributed by atoms with Gasteiger partial charge in [0.05, 0.1) is 11.4 Å². The van der Waals surface area contributed by atoms with Gasteiger partial charge in [-0.1, -0.05) is 158 Å². The van der Waals surface area contributed by atoms with Crippen molar-refractivity contribution in [3.8, 4) is 78.4 Å². The monoisotopic (exact) mass is 613 g/mol. The van der Waals surface area contributed by atoms with E-state index in [0.29, 0.717) is 5.82 Å². The van der Waals surface area contributed by atoms with E-state index in [1.54, 1.807) is 6.20 Å². The second-order valence-corrected chi connectivity index (χ2v) is 11.7. The number of nitrogens with zero attached hydrogens (tertiary/aromatic N) is 3. The van der Waals surface area contributed by atoms with Gasteiger partial charge in [-0.2, -0.15) is 0 Å². The lowest BCUT2D eigenvalue weighted by Crippen LogP contribution is -1.96. The summed E-state index contributed by atoms with van der Waals surface area (Å²) in [6, 6.07) is 61.4. The maximum absolute atomic E-state index is 5.04. The molecule has 0 unspecified atom stereocenters. The lowest BCUT2D eigenvalue weighted by Gasteiger charge is -2.11.